The lowest BCUT2D eigenvalue weighted by Crippen LogP contribution is -2.16. The maximum absolute atomic E-state index is 12.7. The molecule has 4 aromatic rings. The first-order valence-corrected chi connectivity index (χ1v) is 10.0. The van der Waals surface area contributed by atoms with E-state index >= 15 is 0 Å². The summed E-state index contributed by atoms with van der Waals surface area (Å²) in [5.74, 6) is 0. The number of carbonyl (C=O) groups is 1. The van der Waals surface area contributed by atoms with Crippen LogP contribution in [0.2, 0.25) is 0 Å². The Kier molecular flexibility index (Phi) is 3.75. The molecule has 0 aromatic heterocycles. The fourth-order valence-corrected chi connectivity index (χ4v) is 4.58. The van der Waals surface area contributed by atoms with E-state index in [0.717, 1.165) is 43.8 Å². The summed E-state index contributed by atoms with van der Waals surface area (Å²) in [6, 6.07) is 24.5. The highest BCUT2D eigenvalue weighted by atomic mass is 16.7. The van der Waals surface area contributed by atoms with Crippen LogP contribution in [0.5, 0.6) is 0 Å². The van der Waals surface area contributed by atoms with Crippen LogP contribution in [0.3, 0.4) is 0 Å². The quantitative estimate of drug-likeness (QED) is 0.346. The standard InChI is InChI=1S/C27H18O3/c28-27(29-23-15-13-19-7-1-5-17-9-3-11-21(23)25(17)19)30-24-16-14-20-8-2-6-18-10-4-12-22(24)26(18)20/h1-16,23-24H. The predicted molar refractivity (Wildman–Crippen MR) is 119 cm³/mol. The average molecular weight is 390 g/mol. The summed E-state index contributed by atoms with van der Waals surface area (Å²) in [7, 11) is 0. The highest BCUT2D eigenvalue weighted by molar-refractivity contribution is 5.96. The van der Waals surface area contributed by atoms with Gasteiger partial charge in [-0.1, -0.05) is 84.9 Å². The molecule has 30 heavy (non-hydrogen) atoms. The zero-order chi connectivity index (χ0) is 20.1. The molecule has 3 heteroatoms. The first kappa shape index (κ1) is 17.0. The number of hydrogen-bond donors (Lipinski definition) is 0. The molecule has 2 aliphatic rings. The smallest absolute Gasteiger partial charge is 0.422 e. The number of ether oxygens (including phenoxy) is 2. The zero-order valence-corrected chi connectivity index (χ0v) is 16.1. The topological polar surface area (TPSA) is 35.5 Å². The van der Waals surface area contributed by atoms with Gasteiger partial charge in [-0.25, -0.2) is 4.79 Å². The van der Waals surface area contributed by atoms with Gasteiger partial charge in [0.2, 0.25) is 0 Å². The summed E-state index contributed by atoms with van der Waals surface area (Å²) in [5.41, 5.74) is 4.23. The van der Waals surface area contributed by atoms with Crippen LogP contribution in [-0.2, 0) is 9.47 Å². The first-order valence-electron chi connectivity index (χ1n) is 10.0. The summed E-state index contributed by atoms with van der Waals surface area (Å²) >= 11 is 0. The molecule has 3 nitrogen and oxygen atoms in total. The molecule has 0 amide bonds. The molecule has 0 bridgehead atoms. The van der Waals surface area contributed by atoms with Gasteiger partial charge in [0, 0.05) is 11.1 Å². The molecule has 0 N–H and O–H groups in total. The molecule has 0 saturated heterocycles. The Morgan fingerprint density at radius 3 is 1.50 bits per heavy atom. The van der Waals surface area contributed by atoms with Crippen molar-refractivity contribution in [1.29, 1.82) is 0 Å². The highest BCUT2D eigenvalue weighted by Crippen LogP contribution is 2.38. The van der Waals surface area contributed by atoms with Gasteiger partial charge in [0.05, 0.1) is 0 Å². The average Bonchev–Trinajstić information content (AvgIpc) is 2.78. The second kappa shape index (κ2) is 6.60. The Labute approximate surface area is 173 Å². The van der Waals surface area contributed by atoms with E-state index in [-0.39, 0.29) is 0 Å². The van der Waals surface area contributed by atoms with Crippen LogP contribution >= 0.6 is 0 Å². The predicted octanol–water partition coefficient (Wildman–Crippen LogP) is 6.98. The Balaban J connectivity index is 1.28. The fourth-order valence-electron chi connectivity index (χ4n) is 4.58. The van der Waals surface area contributed by atoms with Gasteiger partial charge < -0.3 is 9.47 Å². The van der Waals surface area contributed by atoms with Crippen molar-refractivity contribution in [3.8, 4) is 0 Å². The summed E-state index contributed by atoms with van der Waals surface area (Å²) in [6.07, 6.45) is 6.22. The van der Waals surface area contributed by atoms with Crippen LogP contribution in [0.4, 0.5) is 4.79 Å². The van der Waals surface area contributed by atoms with Crippen LogP contribution in [0.1, 0.15) is 34.5 Å². The van der Waals surface area contributed by atoms with E-state index in [1.54, 1.807) is 0 Å². The Morgan fingerprint density at radius 2 is 1.03 bits per heavy atom. The maximum Gasteiger partial charge on any atom is 0.510 e. The van der Waals surface area contributed by atoms with E-state index in [2.05, 4.69) is 36.4 Å². The van der Waals surface area contributed by atoms with E-state index in [4.69, 9.17) is 9.47 Å². The van der Waals surface area contributed by atoms with E-state index in [9.17, 15) is 4.79 Å². The fraction of sp³-hybridized carbons (Fsp3) is 0.0741. The lowest BCUT2D eigenvalue weighted by molar-refractivity contribution is 0.0210. The number of hydrogen-bond acceptors (Lipinski definition) is 3. The van der Waals surface area contributed by atoms with Gasteiger partial charge in [-0.2, -0.15) is 0 Å². The second-order valence-corrected chi connectivity index (χ2v) is 7.63. The normalized spacial score (nSPS) is 18.5. The third-order valence-electron chi connectivity index (χ3n) is 5.90. The van der Waals surface area contributed by atoms with Crippen LogP contribution in [-0.4, -0.2) is 6.16 Å². The molecular weight excluding hydrogens is 372 g/mol. The minimum absolute atomic E-state index is 0.466. The molecule has 0 heterocycles. The molecule has 0 radical (unpaired) electrons. The van der Waals surface area contributed by atoms with Gasteiger partial charge >= 0.3 is 6.16 Å². The molecule has 0 spiro atoms. The maximum atomic E-state index is 12.7. The van der Waals surface area contributed by atoms with Crippen molar-refractivity contribution in [2.45, 2.75) is 12.2 Å². The van der Waals surface area contributed by atoms with Gasteiger partial charge in [0.25, 0.3) is 0 Å². The van der Waals surface area contributed by atoms with Crippen molar-refractivity contribution in [2.75, 3.05) is 0 Å². The van der Waals surface area contributed by atoms with Crippen molar-refractivity contribution >= 4 is 39.9 Å². The summed E-state index contributed by atoms with van der Waals surface area (Å²) in [4.78, 5) is 12.7. The summed E-state index contributed by atoms with van der Waals surface area (Å²) in [5, 5.41) is 4.51. The van der Waals surface area contributed by atoms with Crippen LogP contribution in [0, 0.1) is 0 Å². The molecule has 6 rings (SSSR count). The van der Waals surface area contributed by atoms with E-state index in [0.29, 0.717) is 0 Å². The minimum Gasteiger partial charge on any atom is -0.422 e. The third kappa shape index (κ3) is 2.63. The highest BCUT2D eigenvalue weighted by Gasteiger charge is 2.25. The van der Waals surface area contributed by atoms with E-state index in [1.165, 1.54) is 0 Å². The molecule has 0 fully saturated rings. The summed E-state index contributed by atoms with van der Waals surface area (Å²) in [6.45, 7) is 0. The largest absolute Gasteiger partial charge is 0.510 e. The van der Waals surface area contributed by atoms with E-state index in [1.807, 2.05) is 60.7 Å². The molecular formula is C27H18O3. The monoisotopic (exact) mass is 390 g/mol. The van der Waals surface area contributed by atoms with Crippen LogP contribution < -0.4 is 0 Å². The molecule has 0 saturated carbocycles. The molecule has 2 unspecified atom stereocenters. The second-order valence-electron chi connectivity index (χ2n) is 7.63. The van der Waals surface area contributed by atoms with Crippen molar-refractivity contribution in [3.05, 3.63) is 107 Å². The summed E-state index contributed by atoms with van der Waals surface area (Å²) < 4.78 is 11.5. The Hall–Kier alpha value is -3.85. The molecule has 4 aromatic carbocycles. The number of carbonyl (C=O) groups excluding carboxylic acids is 1. The van der Waals surface area contributed by atoms with Crippen molar-refractivity contribution < 1.29 is 14.3 Å². The van der Waals surface area contributed by atoms with Gasteiger partial charge in [-0.05, 0) is 44.8 Å². The van der Waals surface area contributed by atoms with Crippen LogP contribution in [0.25, 0.3) is 33.7 Å². The van der Waals surface area contributed by atoms with Gasteiger partial charge in [0.1, 0.15) is 12.2 Å². The lowest BCUT2D eigenvalue weighted by atomic mass is 9.91. The zero-order valence-electron chi connectivity index (χ0n) is 16.1. The van der Waals surface area contributed by atoms with E-state index < -0.39 is 18.4 Å². The Morgan fingerprint density at radius 1 is 0.600 bits per heavy atom. The van der Waals surface area contributed by atoms with Gasteiger partial charge in [-0.3, -0.25) is 0 Å². The van der Waals surface area contributed by atoms with Crippen molar-refractivity contribution in [3.63, 3.8) is 0 Å². The van der Waals surface area contributed by atoms with Crippen molar-refractivity contribution in [2.24, 2.45) is 0 Å². The van der Waals surface area contributed by atoms with Gasteiger partial charge in [0.15, 0.2) is 0 Å². The molecule has 2 atom stereocenters. The molecule has 144 valence electrons. The minimum atomic E-state index is -0.674. The lowest BCUT2D eigenvalue weighted by Gasteiger charge is -2.24. The third-order valence-corrected chi connectivity index (χ3v) is 5.90. The van der Waals surface area contributed by atoms with Gasteiger partial charge in [-0.15, -0.1) is 0 Å². The number of rotatable bonds is 2. The first-order chi connectivity index (χ1) is 14.8. The molecule has 2 aliphatic carbocycles. The Bertz CT molecular complexity index is 1260. The molecule has 0 aliphatic heterocycles. The van der Waals surface area contributed by atoms with Crippen molar-refractivity contribution in [1.82, 2.24) is 0 Å². The van der Waals surface area contributed by atoms with Crippen LogP contribution in [0.15, 0.2) is 84.9 Å². The number of benzene rings is 4. The SMILES string of the molecule is O=C(OC1C=Cc2cccc3cccc1c23)OC1C=Cc2cccc3cccc1c23.